The molecule has 1 heterocycles. The lowest BCUT2D eigenvalue weighted by molar-refractivity contribution is -0.113. The molecule has 0 saturated heterocycles. The predicted octanol–water partition coefficient (Wildman–Crippen LogP) is 4.71. The number of hydrogen-bond acceptors (Lipinski definition) is 4. The van der Waals surface area contributed by atoms with Crippen molar-refractivity contribution in [3.05, 3.63) is 83.8 Å². The largest absolute Gasteiger partial charge is 0.459 e. The molecule has 2 aromatic carbocycles. The molecule has 0 aliphatic rings. The van der Waals surface area contributed by atoms with E-state index in [1.165, 1.54) is 11.8 Å². The van der Waals surface area contributed by atoms with Crippen LogP contribution < -0.4 is 10.6 Å². The van der Waals surface area contributed by atoms with Gasteiger partial charge in [0.1, 0.15) is 0 Å². The first-order chi connectivity index (χ1) is 13.1. The van der Waals surface area contributed by atoms with Gasteiger partial charge in [-0.3, -0.25) is 9.59 Å². The summed E-state index contributed by atoms with van der Waals surface area (Å²) in [5.41, 5.74) is 3.43. The average molecular weight is 380 g/mol. The van der Waals surface area contributed by atoms with Crippen LogP contribution in [-0.2, 0) is 10.5 Å². The van der Waals surface area contributed by atoms with E-state index in [0.29, 0.717) is 17.1 Å². The Kier molecular flexibility index (Phi) is 6.33. The Hall–Kier alpha value is -2.99. The van der Waals surface area contributed by atoms with Crippen molar-refractivity contribution in [3.63, 3.8) is 0 Å². The maximum absolute atomic E-state index is 12.1. The normalized spacial score (nSPS) is 10.4. The van der Waals surface area contributed by atoms with E-state index in [-0.39, 0.29) is 17.6 Å². The highest BCUT2D eigenvalue weighted by molar-refractivity contribution is 7.99. The number of rotatable bonds is 7. The third-order valence-electron chi connectivity index (χ3n) is 3.85. The summed E-state index contributed by atoms with van der Waals surface area (Å²) in [5, 5.41) is 5.68. The molecule has 0 fully saturated rings. The molecule has 3 rings (SSSR count). The fraction of sp³-hybridized carbons (Fsp3) is 0.143. The SMILES string of the molecule is Cc1cc(NC(=O)CSCc2ccccc2)ccc1NC(=O)c1ccco1. The first kappa shape index (κ1) is 18.8. The van der Waals surface area contributed by atoms with Crippen molar-refractivity contribution in [2.75, 3.05) is 16.4 Å². The molecule has 0 atom stereocenters. The molecule has 0 aliphatic carbocycles. The minimum absolute atomic E-state index is 0.0531. The van der Waals surface area contributed by atoms with E-state index in [2.05, 4.69) is 10.6 Å². The average Bonchev–Trinajstić information content (AvgIpc) is 3.20. The number of furan rings is 1. The number of hydrogen-bond donors (Lipinski definition) is 2. The van der Waals surface area contributed by atoms with Gasteiger partial charge in [-0.1, -0.05) is 30.3 Å². The van der Waals surface area contributed by atoms with Crippen molar-refractivity contribution < 1.29 is 14.0 Å². The first-order valence-electron chi connectivity index (χ1n) is 8.49. The Bertz CT molecular complexity index is 908. The van der Waals surface area contributed by atoms with Crippen LogP contribution in [0.5, 0.6) is 0 Å². The quantitative estimate of drug-likeness (QED) is 0.623. The van der Waals surface area contributed by atoms with Crippen molar-refractivity contribution >= 4 is 35.0 Å². The zero-order chi connectivity index (χ0) is 19.1. The van der Waals surface area contributed by atoms with Crippen LogP contribution >= 0.6 is 11.8 Å². The van der Waals surface area contributed by atoms with Gasteiger partial charge in [-0.2, -0.15) is 0 Å². The van der Waals surface area contributed by atoms with Crippen LogP contribution in [0.15, 0.2) is 71.3 Å². The third kappa shape index (κ3) is 5.49. The maximum Gasteiger partial charge on any atom is 0.291 e. The Labute approximate surface area is 162 Å². The molecule has 2 N–H and O–H groups in total. The maximum atomic E-state index is 12.1. The van der Waals surface area contributed by atoms with Gasteiger partial charge in [0.2, 0.25) is 5.91 Å². The van der Waals surface area contributed by atoms with E-state index < -0.39 is 0 Å². The summed E-state index contributed by atoms with van der Waals surface area (Å²) >= 11 is 1.57. The minimum Gasteiger partial charge on any atom is -0.459 e. The number of carbonyl (C=O) groups excluding carboxylic acids is 2. The second-order valence-corrected chi connectivity index (χ2v) is 6.97. The van der Waals surface area contributed by atoms with Crippen molar-refractivity contribution in [2.45, 2.75) is 12.7 Å². The summed E-state index contributed by atoms with van der Waals surface area (Å²) in [6.07, 6.45) is 1.45. The molecular formula is C21H20N2O3S. The predicted molar refractivity (Wildman–Crippen MR) is 109 cm³/mol. The lowest BCUT2D eigenvalue weighted by Crippen LogP contribution is -2.15. The monoisotopic (exact) mass is 380 g/mol. The second kappa shape index (κ2) is 9.09. The summed E-state index contributed by atoms with van der Waals surface area (Å²) in [7, 11) is 0. The molecule has 138 valence electrons. The van der Waals surface area contributed by atoms with Gasteiger partial charge in [0, 0.05) is 17.1 Å². The Morgan fingerprint density at radius 2 is 1.81 bits per heavy atom. The molecule has 0 bridgehead atoms. The molecule has 0 radical (unpaired) electrons. The molecular weight excluding hydrogens is 360 g/mol. The third-order valence-corrected chi connectivity index (χ3v) is 4.85. The van der Waals surface area contributed by atoms with Gasteiger partial charge in [-0.05, 0) is 48.4 Å². The van der Waals surface area contributed by atoms with Gasteiger partial charge in [-0.15, -0.1) is 11.8 Å². The number of amides is 2. The van der Waals surface area contributed by atoms with Crippen molar-refractivity contribution in [2.24, 2.45) is 0 Å². The smallest absolute Gasteiger partial charge is 0.291 e. The first-order valence-corrected chi connectivity index (χ1v) is 9.64. The molecule has 2 amide bonds. The zero-order valence-electron chi connectivity index (χ0n) is 14.9. The number of nitrogens with one attached hydrogen (secondary N) is 2. The molecule has 0 spiro atoms. The zero-order valence-corrected chi connectivity index (χ0v) is 15.7. The number of aryl methyl sites for hydroxylation is 1. The molecule has 27 heavy (non-hydrogen) atoms. The molecule has 3 aromatic rings. The van der Waals surface area contributed by atoms with Crippen molar-refractivity contribution in [1.82, 2.24) is 0 Å². The second-order valence-electron chi connectivity index (χ2n) is 5.99. The summed E-state index contributed by atoms with van der Waals surface area (Å²) in [4.78, 5) is 24.2. The molecule has 1 aromatic heterocycles. The van der Waals surface area contributed by atoms with Crippen molar-refractivity contribution in [3.8, 4) is 0 Å². The number of thioether (sulfide) groups is 1. The number of anilines is 2. The highest BCUT2D eigenvalue weighted by Gasteiger charge is 2.11. The van der Waals surface area contributed by atoms with Gasteiger partial charge in [-0.25, -0.2) is 0 Å². The van der Waals surface area contributed by atoms with Gasteiger partial charge in [0.05, 0.1) is 12.0 Å². The van der Waals surface area contributed by atoms with Gasteiger partial charge in [0.15, 0.2) is 5.76 Å². The Morgan fingerprint density at radius 3 is 2.52 bits per heavy atom. The van der Waals surface area contributed by atoms with Crippen molar-refractivity contribution in [1.29, 1.82) is 0 Å². The molecule has 5 nitrogen and oxygen atoms in total. The lowest BCUT2D eigenvalue weighted by Gasteiger charge is -2.10. The fourth-order valence-electron chi connectivity index (χ4n) is 2.51. The van der Waals surface area contributed by atoms with Crippen LogP contribution in [0.2, 0.25) is 0 Å². The van der Waals surface area contributed by atoms with Crippen LogP contribution in [0.3, 0.4) is 0 Å². The summed E-state index contributed by atoms with van der Waals surface area (Å²) in [6.45, 7) is 1.87. The van der Waals surface area contributed by atoms with E-state index in [4.69, 9.17) is 4.42 Å². The van der Waals surface area contributed by atoms with Crippen LogP contribution in [0.25, 0.3) is 0 Å². The van der Waals surface area contributed by atoms with E-state index in [0.717, 1.165) is 11.3 Å². The van der Waals surface area contributed by atoms with E-state index >= 15 is 0 Å². The molecule has 0 saturated carbocycles. The van der Waals surface area contributed by atoms with Gasteiger partial charge >= 0.3 is 0 Å². The minimum atomic E-state index is -0.308. The summed E-state index contributed by atoms with van der Waals surface area (Å²) in [6, 6.07) is 18.7. The van der Waals surface area contributed by atoms with E-state index in [1.54, 1.807) is 36.0 Å². The topological polar surface area (TPSA) is 71.3 Å². The van der Waals surface area contributed by atoms with Gasteiger partial charge in [0.25, 0.3) is 5.91 Å². The Morgan fingerprint density at radius 1 is 1.00 bits per heavy atom. The fourth-order valence-corrected chi connectivity index (χ4v) is 3.29. The molecule has 6 heteroatoms. The number of carbonyl (C=O) groups is 2. The highest BCUT2D eigenvalue weighted by atomic mass is 32.2. The summed E-state index contributed by atoms with van der Waals surface area (Å²) < 4.78 is 5.08. The van der Waals surface area contributed by atoms with Crippen LogP contribution in [0, 0.1) is 6.92 Å². The van der Waals surface area contributed by atoms with E-state index in [1.807, 2.05) is 43.3 Å². The lowest BCUT2D eigenvalue weighted by atomic mass is 10.1. The van der Waals surface area contributed by atoms with Crippen LogP contribution in [0.4, 0.5) is 11.4 Å². The van der Waals surface area contributed by atoms with Crippen LogP contribution in [-0.4, -0.2) is 17.6 Å². The Balaban J connectivity index is 1.51. The van der Waals surface area contributed by atoms with E-state index in [9.17, 15) is 9.59 Å². The highest BCUT2D eigenvalue weighted by Crippen LogP contribution is 2.21. The summed E-state index contributed by atoms with van der Waals surface area (Å²) in [5.74, 6) is 1.07. The van der Waals surface area contributed by atoms with Crippen LogP contribution in [0.1, 0.15) is 21.7 Å². The standard InChI is InChI=1S/C21H20N2O3S/c1-15-12-17(9-10-18(15)23-21(25)19-8-5-11-26-19)22-20(24)14-27-13-16-6-3-2-4-7-16/h2-12H,13-14H2,1H3,(H,22,24)(H,23,25). The molecule has 0 unspecified atom stereocenters. The molecule has 0 aliphatic heterocycles. The number of benzene rings is 2. The van der Waals surface area contributed by atoms with Gasteiger partial charge < -0.3 is 15.1 Å².